The Kier molecular flexibility index (Phi) is 4.60. The number of aromatic hydroxyl groups is 1. The van der Waals surface area contributed by atoms with Gasteiger partial charge in [-0.2, -0.15) is 0 Å². The molecule has 3 N–H and O–H groups in total. The van der Waals surface area contributed by atoms with Crippen LogP contribution in [-0.4, -0.2) is 23.0 Å². The van der Waals surface area contributed by atoms with Crippen molar-refractivity contribution in [1.29, 1.82) is 0 Å². The number of benzene rings is 2. The predicted octanol–water partition coefficient (Wildman–Crippen LogP) is 3.55. The first-order chi connectivity index (χ1) is 9.88. The zero-order valence-corrected chi connectivity index (χ0v) is 12.8. The summed E-state index contributed by atoms with van der Waals surface area (Å²) in [5, 5.41) is 10.5. The zero-order valence-electron chi connectivity index (χ0n) is 11.3. The van der Waals surface area contributed by atoms with Crippen LogP contribution in [0.1, 0.15) is 15.9 Å². The summed E-state index contributed by atoms with van der Waals surface area (Å²) >= 11 is 11.9. The van der Waals surface area contributed by atoms with E-state index in [4.69, 9.17) is 28.9 Å². The Hall–Kier alpha value is -1.91. The summed E-state index contributed by atoms with van der Waals surface area (Å²) in [5.74, 6) is -0.306. The van der Waals surface area contributed by atoms with Crippen molar-refractivity contribution in [3.63, 3.8) is 0 Å². The highest BCUT2D eigenvalue weighted by molar-refractivity contribution is 6.35. The number of hydrogen-bond donors (Lipinski definition) is 2. The maximum absolute atomic E-state index is 12.4. The SMILES string of the molecule is CN(Cc1ccc(Cl)cc1Cl)C(=O)c1cc(O)ccc1N. The number of nitrogens with zero attached hydrogens (tertiary/aromatic N) is 1. The number of carbonyl (C=O) groups is 1. The van der Waals surface area contributed by atoms with Crippen molar-refractivity contribution in [3.05, 3.63) is 57.6 Å². The minimum Gasteiger partial charge on any atom is -0.508 e. The lowest BCUT2D eigenvalue weighted by atomic mass is 10.1. The molecule has 0 aliphatic carbocycles. The van der Waals surface area contributed by atoms with Gasteiger partial charge in [-0.3, -0.25) is 4.79 Å². The van der Waals surface area contributed by atoms with Crippen molar-refractivity contribution >= 4 is 34.8 Å². The van der Waals surface area contributed by atoms with Crippen LogP contribution in [0, 0.1) is 0 Å². The van der Waals surface area contributed by atoms with Gasteiger partial charge >= 0.3 is 0 Å². The quantitative estimate of drug-likeness (QED) is 0.670. The smallest absolute Gasteiger partial charge is 0.256 e. The third kappa shape index (κ3) is 3.60. The van der Waals surface area contributed by atoms with Gasteiger partial charge in [-0.05, 0) is 35.9 Å². The minimum absolute atomic E-state index is 0.00882. The molecule has 2 rings (SSSR count). The number of anilines is 1. The van der Waals surface area contributed by atoms with Gasteiger partial charge in [0.05, 0.1) is 5.56 Å². The molecule has 6 heteroatoms. The molecular formula is C15H14Cl2N2O2. The van der Waals surface area contributed by atoms with Crippen LogP contribution < -0.4 is 5.73 Å². The summed E-state index contributed by atoms with van der Waals surface area (Å²) in [6.45, 7) is 0.309. The third-order valence-electron chi connectivity index (χ3n) is 3.04. The maximum Gasteiger partial charge on any atom is 0.256 e. The average Bonchev–Trinajstić information content (AvgIpc) is 2.43. The molecule has 2 aromatic carbocycles. The van der Waals surface area contributed by atoms with Crippen LogP contribution in [0.15, 0.2) is 36.4 Å². The highest BCUT2D eigenvalue weighted by atomic mass is 35.5. The Morgan fingerprint density at radius 1 is 1.24 bits per heavy atom. The van der Waals surface area contributed by atoms with Crippen molar-refractivity contribution in [2.45, 2.75) is 6.54 Å². The number of amides is 1. The lowest BCUT2D eigenvalue weighted by molar-refractivity contribution is 0.0786. The molecule has 0 saturated carbocycles. The summed E-state index contributed by atoms with van der Waals surface area (Å²) in [7, 11) is 1.64. The Balaban J connectivity index is 2.21. The van der Waals surface area contributed by atoms with E-state index < -0.39 is 0 Å². The molecule has 21 heavy (non-hydrogen) atoms. The van der Waals surface area contributed by atoms with Gasteiger partial charge in [0.1, 0.15) is 5.75 Å². The molecule has 0 unspecified atom stereocenters. The van der Waals surface area contributed by atoms with Crippen LogP contribution in [-0.2, 0) is 6.54 Å². The predicted molar refractivity (Wildman–Crippen MR) is 84.8 cm³/mol. The van der Waals surface area contributed by atoms with Crippen molar-refractivity contribution in [3.8, 4) is 5.75 Å². The van der Waals surface area contributed by atoms with Crippen LogP contribution in [0.3, 0.4) is 0 Å². The largest absolute Gasteiger partial charge is 0.508 e. The normalized spacial score (nSPS) is 10.4. The molecule has 0 aliphatic rings. The van der Waals surface area contributed by atoms with Gasteiger partial charge in [0.15, 0.2) is 0 Å². The van der Waals surface area contributed by atoms with Crippen molar-refractivity contribution in [1.82, 2.24) is 4.90 Å². The van der Waals surface area contributed by atoms with Gasteiger partial charge in [0, 0.05) is 29.3 Å². The van der Waals surface area contributed by atoms with Gasteiger partial charge in [0.2, 0.25) is 0 Å². The standard InChI is InChI=1S/C15H14Cl2N2O2/c1-19(8-9-2-3-10(16)6-13(9)17)15(21)12-7-11(20)4-5-14(12)18/h2-7,20H,8,18H2,1H3. The van der Waals surface area contributed by atoms with Gasteiger partial charge in [-0.15, -0.1) is 0 Å². The molecular weight excluding hydrogens is 311 g/mol. The molecule has 0 radical (unpaired) electrons. The van der Waals surface area contributed by atoms with E-state index in [1.54, 1.807) is 25.2 Å². The van der Waals surface area contributed by atoms with Crippen molar-refractivity contribution in [2.75, 3.05) is 12.8 Å². The number of nitrogens with two attached hydrogens (primary N) is 1. The van der Waals surface area contributed by atoms with E-state index >= 15 is 0 Å². The van der Waals surface area contributed by atoms with E-state index in [0.717, 1.165) is 5.56 Å². The number of phenolic OH excluding ortho intramolecular Hbond substituents is 1. The first-order valence-electron chi connectivity index (χ1n) is 6.16. The van der Waals surface area contributed by atoms with Crippen LogP contribution in [0.5, 0.6) is 5.75 Å². The molecule has 110 valence electrons. The van der Waals surface area contributed by atoms with Gasteiger partial charge in [-0.25, -0.2) is 0 Å². The van der Waals surface area contributed by atoms with Gasteiger partial charge in [0.25, 0.3) is 5.91 Å². The van der Waals surface area contributed by atoms with Gasteiger partial charge in [-0.1, -0.05) is 29.3 Å². The molecule has 0 aromatic heterocycles. The molecule has 4 nitrogen and oxygen atoms in total. The Morgan fingerprint density at radius 2 is 1.95 bits per heavy atom. The van der Waals surface area contributed by atoms with E-state index in [0.29, 0.717) is 22.3 Å². The second-order valence-electron chi connectivity index (χ2n) is 4.67. The highest BCUT2D eigenvalue weighted by Crippen LogP contribution is 2.24. The number of rotatable bonds is 3. The Morgan fingerprint density at radius 3 is 2.62 bits per heavy atom. The molecule has 1 amide bonds. The zero-order chi connectivity index (χ0) is 15.6. The molecule has 0 spiro atoms. The van der Waals surface area contributed by atoms with Crippen LogP contribution in [0.4, 0.5) is 5.69 Å². The molecule has 0 fully saturated rings. The number of carbonyl (C=O) groups excluding carboxylic acids is 1. The summed E-state index contributed by atoms with van der Waals surface area (Å²) in [6.07, 6.45) is 0. The lowest BCUT2D eigenvalue weighted by Crippen LogP contribution is -2.27. The first kappa shape index (κ1) is 15.5. The second kappa shape index (κ2) is 6.24. The van der Waals surface area contributed by atoms with E-state index in [1.165, 1.54) is 23.1 Å². The fourth-order valence-electron chi connectivity index (χ4n) is 1.91. The number of nitrogen functional groups attached to an aromatic ring is 1. The minimum atomic E-state index is -0.297. The average molecular weight is 325 g/mol. The van der Waals surface area contributed by atoms with E-state index in [-0.39, 0.29) is 17.2 Å². The van der Waals surface area contributed by atoms with E-state index in [1.807, 2.05) is 0 Å². The lowest BCUT2D eigenvalue weighted by Gasteiger charge is -2.19. The highest BCUT2D eigenvalue weighted by Gasteiger charge is 2.16. The van der Waals surface area contributed by atoms with Gasteiger partial charge < -0.3 is 15.7 Å². The summed E-state index contributed by atoms with van der Waals surface area (Å²) < 4.78 is 0. The molecule has 2 aromatic rings. The van der Waals surface area contributed by atoms with Crippen LogP contribution in [0.2, 0.25) is 10.0 Å². The van der Waals surface area contributed by atoms with E-state index in [9.17, 15) is 9.90 Å². The summed E-state index contributed by atoms with van der Waals surface area (Å²) in [6, 6.07) is 9.37. The first-order valence-corrected chi connectivity index (χ1v) is 6.92. The number of hydrogen-bond acceptors (Lipinski definition) is 3. The second-order valence-corrected chi connectivity index (χ2v) is 5.51. The Bertz CT molecular complexity index is 689. The summed E-state index contributed by atoms with van der Waals surface area (Å²) in [4.78, 5) is 13.8. The van der Waals surface area contributed by atoms with Crippen LogP contribution in [0.25, 0.3) is 0 Å². The number of halogens is 2. The molecule has 0 bridgehead atoms. The van der Waals surface area contributed by atoms with Crippen molar-refractivity contribution < 1.29 is 9.90 Å². The van der Waals surface area contributed by atoms with E-state index in [2.05, 4.69) is 0 Å². The number of phenols is 1. The maximum atomic E-state index is 12.4. The third-order valence-corrected chi connectivity index (χ3v) is 3.62. The monoisotopic (exact) mass is 324 g/mol. The topological polar surface area (TPSA) is 66.6 Å². The van der Waals surface area contributed by atoms with Crippen LogP contribution >= 0.6 is 23.2 Å². The van der Waals surface area contributed by atoms with Crippen molar-refractivity contribution in [2.24, 2.45) is 0 Å². The summed E-state index contributed by atoms with van der Waals surface area (Å²) in [5.41, 5.74) is 7.11. The molecule has 0 aliphatic heterocycles. The molecule has 0 saturated heterocycles. The fraction of sp³-hybridized carbons (Fsp3) is 0.133. The fourth-order valence-corrected chi connectivity index (χ4v) is 2.38. The Labute approximate surface area is 132 Å². The molecule has 0 heterocycles. The molecule has 0 atom stereocenters.